The van der Waals surface area contributed by atoms with Crippen molar-refractivity contribution in [2.75, 3.05) is 19.6 Å². The van der Waals surface area contributed by atoms with Gasteiger partial charge in [0.2, 0.25) is 5.91 Å². The van der Waals surface area contributed by atoms with E-state index < -0.39 is 11.7 Å². The maximum Gasteiger partial charge on any atom is 0.407 e. The van der Waals surface area contributed by atoms with E-state index in [2.05, 4.69) is 29.8 Å². The highest BCUT2D eigenvalue weighted by Gasteiger charge is 2.20. The van der Waals surface area contributed by atoms with Crippen molar-refractivity contribution >= 4 is 12.0 Å². The van der Waals surface area contributed by atoms with E-state index in [9.17, 15) is 9.59 Å². The number of hydrogen-bond acceptors (Lipinski definition) is 4. The summed E-state index contributed by atoms with van der Waals surface area (Å²) in [6, 6.07) is -0.247. The average Bonchev–Trinajstić information content (AvgIpc) is 2.35. The van der Waals surface area contributed by atoms with Gasteiger partial charge in [0.15, 0.2) is 0 Å². The quantitative estimate of drug-likeness (QED) is 0.639. The monoisotopic (exact) mass is 315 g/mol. The molecule has 3 N–H and O–H groups in total. The minimum absolute atomic E-state index is 0.00916. The molecule has 0 aliphatic rings. The molecule has 0 fully saturated rings. The molecule has 0 aliphatic heterocycles. The normalized spacial score (nSPS) is 14.4. The van der Waals surface area contributed by atoms with E-state index in [0.29, 0.717) is 25.6 Å². The molecule has 0 radical (unpaired) electrons. The lowest BCUT2D eigenvalue weighted by Gasteiger charge is -2.25. The second-order valence-electron chi connectivity index (χ2n) is 6.91. The van der Waals surface area contributed by atoms with Crippen LogP contribution in [0.25, 0.3) is 0 Å². The fourth-order valence-corrected chi connectivity index (χ4v) is 1.82. The summed E-state index contributed by atoms with van der Waals surface area (Å²) in [6.07, 6.45) is -0.407. The van der Waals surface area contributed by atoms with E-state index in [1.807, 2.05) is 34.6 Å². The van der Waals surface area contributed by atoms with E-state index in [4.69, 9.17) is 4.74 Å². The van der Waals surface area contributed by atoms with Crippen LogP contribution < -0.4 is 16.0 Å². The van der Waals surface area contributed by atoms with E-state index >= 15 is 0 Å². The summed E-state index contributed by atoms with van der Waals surface area (Å²) in [5.74, 6) is 0.596. The second-order valence-corrected chi connectivity index (χ2v) is 6.91. The molecule has 0 aromatic heterocycles. The predicted molar refractivity (Wildman–Crippen MR) is 88.7 cm³/mol. The topological polar surface area (TPSA) is 79.5 Å². The lowest BCUT2D eigenvalue weighted by Crippen LogP contribution is -2.46. The molecule has 0 aromatic carbocycles. The highest BCUT2D eigenvalue weighted by molar-refractivity contribution is 5.81. The van der Waals surface area contributed by atoms with Gasteiger partial charge in [-0.15, -0.1) is 0 Å². The van der Waals surface area contributed by atoms with Crippen LogP contribution in [0.2, 0.25) is 0 Å². The van der Waals surface area contributed by atoms with Crippen molar-refractivity contribution in [3.8, 4) is 0 Å². The third-order valence-corrected chi connectivity index (χ3v) is 3.28. The summed E-state index contributed by atoms with van der Waals surface area (Å²) in [5, 5.41) is 8.80. The van der Waals surface area contributed by atoms with Crippen molar-refractivity contribution in [3.63, 3.8) is 0 Å². The molecular weight excluding hydrogens is 282 g/mol. The van der Waals surface area contributed by atoms with Gasteiger partial charge < -0.3 is 20.7 Å². The summed E-state index contributed by atoms with van der Waals surface area (Å²) < 4.78 is 5.23. The molecule has 0 aromatic rings. The van der Waals surface area contributed by atoms with Crippen LogP contribution in [-0.4, -0.2) is 43.3 Å². The van der Waals surface area contributed by atoms with Gasteiger partial charge in [-0.1, -0.05) is 13.8 Å². The lowest BCUT2D eigenvalue weighted by molar-refractivity contribution is -0.122. The number of alkyl carbamates (subject to hydrolysis) is 1. The Balaban J connectivity index is 4.27. The van der Waals surface area contributed by atoms with Gasteiger partial charge in [0, 0.05) is 19.6 Å². The van der Waals surface area contributed by atoms with Crippen LogP contribution in [0.4, 0.5) is 4.79 Å². The molecule has 0 spiro atoms. The molecule has 2 unspecified atom stereocenters. The average molecular weight is 315 g/mol. The maximum atomic E-state index is 11.7. The van der Waals surface area contributed by atoms with E-state index in [0.717, 1.165) is 0 Å². The Kier molecular flexibility index (Phi) is 9.09. The predicted octanol–water partition coefficient (Wildman–Crippen LogP) is 1.90. The Bertz CT molecular complexity index is 351. The van der Waals surface area contributed by atoms with Crippen molar-refractivity contribution in [1.82, 2.24) is 16.0 Å². The lowest BCUT2D eigenvalue weighted by atomic mass is 9.95. The summed E-state index contributed by atoms with van der Waals surface area (Å²) in [5.41, 5.74) is -0.498. The number of amides is 2. The number of ether oxygens (including phenoxy) is 1. The largest absolute Gasteiger partial charge is 0.444 e. The first-order chi connectivity index (χ1) is 10.1. The number of likely N-dealkylation sites (N-methyl/N-ethyl adjacent to an activating group) is 1. The third-order valence-electron chi connectivity index (χ3n) is 3.28. The molecular formula is C16H33N3O3. The molecule has 6 nitrogen and oxygen atoms in total. The highest BCUT2D eigenvalue weighted by Crippen LogP contribution is 2.10. The Morgan fingerprint density at radius 2 is 1.64 bits per heavy atom. The molecule has 0 saturated heterocycles. The van der Waals surface area contributed by atoms with Gasteiger partial charge in [-0.3, -0.25) is 4.79 Å². The summed E-state index contributed by atoms with van der Waals surface area (Å²) in [4.78, 5) is 23.4. The van der Waals surface area contributed by atoms with Gasteiger partial charge in [0.05, 0.1) is 6.04 Å². The van der Waals surface area contributed by atoms with Crippen LogP contribution >= 0.6 is 0 Å². The highest BCUT2D eigenvalue weighted by atomic mass is 16.6. The van der Waals surface area contributed by atoms with Gasteiger partial charge in [-0.25, -0.2) is 4.79 Å². The van der Waals surface area contributed by atoms with E-state index in [1.54, 1.807) is 0 Å². The Labute approximate surface area is 134 Å². The molecule has 0 saturated carbocycles. The molecule has 0 heterocycles. The molecule has 22 heavy (non-hydrogen) atoms. The fourth-order valence-electron chi connectivity index (χ4n) is 1.82. The van der Waals surface area contributed by atoms with E-state index in [-0.39, 0.29) is 17.9 Å². The minimum Gasteiger partial charge on any atom is -0.444 e. The van der Waals surface area contributed by atoms with Crippen molar-refractivity contribution in [2.24, 2.45) is 11.8 Å². The standard InChI is InChI=1S/C16H33N3O3/c1-8-17-14(20)12(4)18-9-13(11(2)3)10-19-15(21)22-16(5,6)7/h11-13,18H,8-10H2,1-7H3,(H,17,20)(H,19,21). The summed E-state index contributed by atoms with van der Waals surface area (Å²) in [7, 11) is 0. The third kappa shape index (κ3) is 9.60. The van der Waals surface area contributed by atoms with Crippen LogP contribution in [0.1, 0.15) is 48.5 Å². The van der Waals surface area contributed by atoms with Gasteiger partial charge in [-0.05, 0) is 46.5 Å². The van der Waals surface area contributed by atoms with Crippen molar-refractivity contribution in [3.05, 3.63) is 0 Å². The zero-order valence-corrected chi connectivity index (χ0v) is 15.1. The molecule has 0 bridgehead atoms. The molecule has 2 atom stereocenters. The van der Waals surface area contributed by atoms with Gasteiger partial charge in [0.25, 0.3) is 0 Å². The van der Waals surface area contributed by atoms with Crippen LogP contribution in [0.5, 0.6) is 0 Å². The minimum atomic E-state index is -0.498. The summed E-state index contributed by atoms with van der Waals surface area (Å²) >= 11 is 0. The van der Waals surface area contributed by atoms with Crippen molar-refractivity contribution in [2.45, 2.75) is 60.1 Å². The summed E-state index contributed by atoms with van der Waals surface area (Å²) in [6.45, 7) is 15.2. The first-order valence-electron chi connectivity index (χ1n) is 8.04. The fraction of sp³-hybridized carbons (Fsp3) is 0.875. The second kappa shape index (κ2) is 9.66. The molecule has 0 aliphatic carbocycles. The number of nitrogens with one attached hydrogen (secondary N) is 3. The van der Waals surface area contributed by atoms with Crippen LogP contribution in [-0.2, 0) is 9.53 Å². The number of rotatable bonds is 8. The SMILES string of the molecule is CCNC(=O)C(C)NCC(CNC(=O)OC(C)(C)C)C(C)C. The zero-order valence-electron chi connectivity index (χ0n) is 15.1. The molecule has 6 heteroatoms. The van der Waals surface area contributed by atoms with Gasteiger partial charge in [0.1, 0.15) is 5.60 Å². The smallest absolute Gasteiger partial charge is 0.407 e. The molecule has 130 valence electrons. The number of carbonyl (C=O) groups is 2. The molecule has 0 rings (SSSR count). The number of hydrogen-bond donors (Lipinski definition) is 3. The Morgan fingerprint density at radius 1 is 1.05 bits per heavy atom. The van der Waals surface area contributed by atoms with Gasteiger partial charge in [-0.2, -0.15) is 0 Å². The van der Waals surface area contributed by atoms with E-state index in [1.165, 1.54) is 0 Å². The molecule has 2 amide bonds. The number of carbonyl (C=O) groups excluding carboxylic acids is 2. The Hall–Kier alpha value is -1.30. The first kappa shape index (κ1) is 20.7. The van der Waals surface area contributed by atoms with Crippen molar-refractivity contribution < 1.29 is 14.3 Å². The van der Waals surface area contributed by atoms with Crippen LogP contribution in [0, 0.1) is 11.8 Å². The van der Waals surface area contributed by atoms with Crippen molar-refractivity contribution in [1.29, 1.82) is 0 Å². The maximum absolute atomic E-state index is 11.7. The van der Waals surface area contributed by atoms with Crippen LogP contribution in [0.15, 0.2) is 0 Å². The van der Waals surface area contributed by atoms with Gasteiger partial charge >= 0.3 is 6.09 Å². The first-order valence-corrected chi connectivity index (χ1v) is 8.04. The Morgan fingerprint density at radius 3 is 2.09 bits per heavy atom. The zero-order chi connectivity index (χ0) is 17.3. The van der Waals surface area contributed by atoms with Crippen LogP contribution in [0.3, 0.4) is 0 Å².